The molecule has 0 aromatic heterocycles. The SMILES string of the molecule is C=C1C(=O)O[C@H]2C[C@]3(C)CCC[C@@H](C)C3=C[C@@H]12. The molecule has 0 aromatic rings. The molecule has 3 rings (SSSR count). The minimum absolute atomic E-state index is 0.0500. The van der Waals surface area contributed by atoms with Gasteiger partial charge in [-0.05, 0) is 30.6 Å². The fourth-order valence-corrected chi connectivity index (χ4v) is 3.94. The largest absolute Gasteiger partial charge is 0.458 e. The second-order valence-corrected chi connectivity index (χ2v) is 6.17. The first kappa shape index (κ1) is 11.1. The van der Waals surface area contributed by atoms with Crippen LogP contribution in [0.3, 0.4) is 0 Å². The predicted octanol–water partition coefficient (Wildman–Crippen LogP) is 3.24. The van der Waals surface area contributed by atoms with Crippen LogP contribution in [0, 0.1) is 17.3 Å². The summed E-state index contributed by atoms with van der Waals surface area (Å²) in [6.07, 6.45) is 7.13. The fraction of sp³-hybridized carbons (Fsp3) is 0.667. The van der Waals surface area contributed by atoms with Gasteiger partial charge in [-0.1, -0.05) is 38.5 Å². The first-order valence-electron chi connectivity index (χ1n) is 6.63. The number of allylic oxidation sites excluding steroid dienone is 1. The van der Waals surface area contributed by atoms with Gasteiger partial charge >= 0.3 is 5.97 Å². The Morgan fingerprint density at radius 2 is 2.29 bits per heavy atom. The highest BCUT2D eigenvalue weighted by Gasteiger charge is 2.48. The smallest absolute Gasteiger partial charge is 0.334 e. The summed E-state index contributed by atoms with van der Waals surface area (Å²) in [5.41, 5.74) is 2.45. The highest BCUT2D eigenvalue weighted by atomic mass is 16.6. The van der Waals surface area contributed by atoms with E-state index in [1.54, 1.807) is 5.57 Å². The first-order chi connectivity index (χ1) is 8.01. The zero-order valence-corrected chi connectivity index (χ0v) is 10.7. The van der Waals surface area contributed by atoms with Crippen LogP contribution in [0.1, 0.15) is 39.5 Å². The topological polar surface area (TPSA) is 26.3 Å². The Bertz CT molecular complexity index is 421. The third kappa shape index (κ3) is 1.50. The molecular weight excluding hydrogens is 212 g/mol. The maximum atomic E-state index is 11.6. The van der Waals surface area contributed by atoms with Gasteiger partial charge in [0.05, 0.1) is 0 Å². The molecule has 17 heavy (non-hydrogen) atoms. The van der Waals surface area contributed by atoms with E-state index in [0.29, 0.717) is 11.5 Å². The average Bonchev–Trinajstić information content (AvgIpc) is 2.52. The molecule has 4 atom stereocenters. The van der Waals surface area contributed by atoms with Crippen LogP contribution in [0.4, 0.5) is 0 Å². The highest BCUT2D eigenvalue weighted by molar-refractivity contribution is 5.91. The molecule has 2 aliphatic carbocycles. The fourth-order valence-electron chi connectivity index (χ4n) is 3.94. The average molecular weight is 232 g/mol. The molecule has 2 nitrogen and oxygen atoms in total. The highest BCUT2D eigenvalue weighted by Crippen LogP contribution is 2.53. The van der Waals surface area contributed by atoms with Crippen molar-refractivity contribution in [1.82, 2.24) is 0 Å². The number of hydrogen-bond donors (Lipinski definition) is 0. The monoisotopic (exact) mass is 232 g/mol. The number of rotatable bonds is 0. The first-order valence-corrected chi connectivity index (χ1v) is 6.63. The van der Waals surface area contributed by atoms with Gasteiger partial charge in [-0.15, -0.1) is 0 Å². The van der Waals surface area contributed by atoms with Gasteiger partial charge in [0.25, 0.3) is 0 Å². The maximum Gasteiger partial charge on any atom is 0.334 e. The summed E-state index contributed by atoms with van der Waals surface area (Å²) in [4.78, 5) is 11.6. The number of carbonyl (C=O) groups is 1. The van der Waals surface area contributed by atoms with Crippen LogP contribution in [0.15, 0.2) is 23.8 Å². The summed E-state index contributed by atoms with van der Waals surface area (Å²) in [7, 11) is 0. The summed E-state index contributed by atoms with van der Waals surface area (Å²) >= 11 is 0. The standard InChI is InChI=1S/C15H20O2/c1-9-5-4-6-15(3)8-13-11(7-12(9)15)10(2)14(16)17-13/h7,9,11,13H,2,4-6,8H2,1,3H3/t9-,11+,13+,15+/m1/s1. The summed E-state index contributed by atoms with van der Waals surface area (Å²) in [5.74, 6) is 0.607. The lowest BCUT2D eigenvalue weighted by molar-refractivity contribution is -0.140. The van der Waals surface area contributed by atoms with Gasteiger partial charge in [0.2, 0.25) is 0 Å². The van der Waals surface area contributed by atoms with Crippen LogP contribution in [-0.4, -0.2) is 12.1 Å². The van der Waals surface area contributed by atoms with Crippen LogP contribution in [-0.2, 0) is 9.53 Å². The maximum absolute atomic E-state index is 11.6. The lowest BCUT2D eigenvalue weighted by Gasteiger charge is -2.45. The zero-order valence-electron chi connectivity index (χ0n) is 10.7. The molecule has 92 valence electrons. The number of carbonyl (C=O) groups excluding carboxylic acids is 1. The van der Waals surface area contributed by atoms with E-state index in [1.807, 2.05) is 0 Å². The van der Waals surface area contributed by atoms with Crippen molar-refractivity contribution < 1.29 is 9.53 Å². The van der Waals surface area contributed by atoms with Crippen molar-refractivity contribution in [2.75, 3.05) is 0 Å². The molecule has 1 saturated carbocycles. The molecule has 1 saturated heterocycles. The molecule has 1 aliphatic heterocycles. The lowest BCUT2D eigenvalue weighted by Crippen LogP contribution is -2.38. The van der Waals surface area contributed by atoms with E-state index in [9.17, 15) is 4.79 Å². The van der Waals surface area contributed by atoms with E-state index in [0.717, 1.165) is 6.42 Å². The summed E-state index contributed by atoms with van der Waals surface area (Å²) in [6, 6.07) is 0. The summed E-state index contributed by atoms with van der Waals surface area (Å²) in [5, 5.41) is 0. The Morgan fingerprint density at radius 1 is 1.53 bits per heavy atom. The Hall–Kier alpha value is -1.05. The third-order valence-corrected chi connectivity index (χ3v) is 4.93. The van der Waals surface area contributed by atoms with Crippen molar-refractivity contribution in [3.8, 4) is 0 Å². The molecule has 3 aliphatic rings. The van der Waals surface area contributed by atoms with Crippen molar-refractivity contribution in [1.29, 1.82) is 0 Å². The van der Waals surface area contributed by atoms with E-state index in [-0.39, 0.29) is 23.4 Å². The molecule has 2 fully saturated rings. The molecule has 0 aromatic carbocycles. The molecule has 0 N–H and O–H groups in total. The van der Waals surface area contributed by atoms with E-state index in [4.69, 9.17) is 4.74 Å². The minimum atomic E-state index is -0.188. The quantitative estimate of drug-likeness (QED) is 0.364. The van der Waals surface area contributed by atoms with E-state index < -0.39 is 0 Å². The molecule has 0 radical (unpaired) electrons. The van der Waals surface area contributed by atoms with Crippen molar-refractivity contribution >= 4 is 5.97 Å². The van der Waals surface area contributed by atoms with Crippen molar-refractivity contribution in [2.45, 2.75) is 45.6 Å². The lowest BCUT2D eigenvalue weighted by atomic mass is 9.60. The van der Waals surface area contributed by atoms with Crippen LogP contribution < -0.4 is 0 Å². The normalized spacial score (nSPS) is 44.8. The van der Waals surface area contributed by atoms with Gasteiger partial charge in [0.1, 0.15) is 6.10 Å². The number of hydrogen-bond acceptors (Lipinski definition) is 2. The van der Waals surface area contributed by atoms with Gasteiger partial charge in [-0.25, -0.2) is 4.79 Å². The zero-order chi connectivity index (χ0) is 12.2. The molecular formula is C15H20O2. The molecule has 0 unspecified atom stereocenters. The molecule has 0 bridgehead atoms. The third-order valence-electron chi connectivity index (χ3n) is 4.93. The van der Waals surface area contributed by atoms with E-state index in [1.165, 1.54) is 19.3 Å². The van der Waals surface area contributed by atoms with Crippen molar-refractivity contribution in [3.05, 3.63) is 23.8 Å². The Kier molecular flexibility index (Phi) is 2.26. The summed E-state index contributed by atoms with van der Waals surface area (Å²) in [6.45, 7) is 8.53. The Balaban J connectivity index is 2.01. The minimum Gasteiger partial charge on any atom is -0.458 e. The van der Waals surface area contributed by atoms with E-state index in [2.05, 4.69) is 26.5 Å². The van der Waals surface area contributed by atoms with Gasteiger partial charge in [0.15, 0.2) is 0 Å². The van der Waals surface area contributed by atoms with Crippen molar-refractivity contribution in [2.24, 2.45) is 17.3 Å². The molecule has 1 heterocycles. The molecule has 2 heteroatoms. The number of esters is 1. The van der Waals surface area contributed by atoms with Gasteiger partial charge in [-0.2, -0.15) is 0 Å². The van der Waals surface area contributed by atoms with E-state index >= 15 is 0 Å². The van der Waals surface area contributed by atoms with Crippen LogP contribution in [0.5, 0.6) is 0 Å². The van der Waals surface area contributed by atoms with Crippen LogP contribution in [0.25, 0.3) is 0 Å². The predicted molar refractivity (Wildman–Crippen MR) is 66.3 cm³/mol. The second kappa shape index (κ2) is 3.47. The van der Waals surface area contributed by atoms with Crippen molar-refractivity contribution in [3.63, 3.8) is 0 Å². The van der Waals surface area contributed by atoms with Gasteiger partial charge in [-0.3, -0.25) is 0 Å². The molecule has 0 amide bonds. The summed E-state index contributed by atoms with van der Waals surface area (Å²) < 4.78 is 5.44. The van der Waals surface area contributed by atoms with Gasteiger partial charge < -0.3 is 4.74 Å². The molecule has 0 spiro atoms. The second-order valence-electron chi connectivity index (χ2n) is 6.17. The van der Waals surface area contributed by atoms with Gasteiger partial charge in [0, 0.05) is 11.5 Å². The Morgan fingerprint density at radius 3 is 3.06 bits per heavy atom. The Labute approximate surface area is 103 Å². The number of fused-ring (bicyclic) bond motifs is 2. The number of ether oxygens (including phenoxy) is 1. The van der Waals surface area contributed by atoms with Crippen LogP contribution >= 0.6 is 0 Å². The van der Waals surface area contributed by atoms with Crippen LogP contribution in [0.2, 0.25) is 0 Å².